The van der Waals surface area contributed by atoms with Gasteiger partial charge in [-0.05, 0) is 18.2 Å². The quantitative estimate of drug-likeness (QED) is 0.660. The number of pyridine rings is 2. The fourth-order valence-electron chi connectivity index (χ4n) is 2.98. The van der Waals surface area contributed by atoms with Gasteiger partial charge in [0.05, 0.1) is 30.7 Å². The zero-order chi connectivity index (χ0) is 20.2. The predicted molar refractivity (Wildman–Crippen MR) is 104 cm³/mol. The molecule has 9 heteroatoms. The van der Waals surface area contributed by atoms with Crippen molar-refractivity contribution in [3.05, 3.63) is 66.0 Å². The zero-order valence-electron chi connectivity index (χ0n) is 15.5. The third kappa shape index (κ3) is 3.94. The highest BCUT2D eigenvalue weighted by Gasteiger charge is 2.20. The van der Waals surface area contributed by atoms with Gasteiger partial charge in [-0.1, -0.05) is 0 Å². The minimum Gasteiger partial charge on any atom is -0.382 e. The molecule has 4 rings (SSSR count). The van der Waals surface area contributed by atoms with Gasteiger partial charge in [-0.25, -0.2) is 9.97 Å². The second-order valence-corrected chi connectivity index (χ2v) is 6.43. The Balaban J connectivity index is 1.65. The number of ether oxygens (including phenoxy) is 1. The van der Waals surface area contributed by atoms with E-state index >= 15 is 0 Å². The van der Waals surface area contributed by atoms with E-state index < -0.39 is 0 Å². The summed E-state index contributed by atoms with van der Waals surface area (Å²) < 4.78 is 5.29. The zero-order valence-corrected chi connectivity index (χ0v) is 15.5. The lowest BCUT2D eigenvalue weighted by atomic mass is 10.1. The summed E-state index contributed by atoms with van der Waals surface area (Å²) in [4.78, 5) is 43.7. The Bertz CT molecular complexity index is 1050. The van der Waals surface area contributed by atoms with Crippen LogP contribution in [-0.4, -0.2) is 62.8 Å². The fraction of sp³-hybridized carbons (Fsp3) is 0.200. The van der Waals surface area contributed by atoms with E-state index in [-0.39, 0.29) is 23.2 Å². The highest BCUT2D eigenvalue weighted by molar-refractivity contribution is 6.10. The lowest BCUT2D eigenvalue weighted by Gasteiger charge is -2.26. The van der Waals surface area contributed by atoms with Crippen LogP contribution in [0.4, 0.5) is 5.82 Å². The Morgan fingerprint density at radius 3 is 2.59 bits per heavy atom. The van der Waals surface area contributed by atoms with Crippen LogP contribution in [0.15, 0.2) is 49.2 Å². The van der Waals surface area contributed by atoms with Crippen LogP contribution in [0.1, 0.15) is 26.4 Å². The molecule has 0 saturated carbocycles. The predicted octanol–water partition coefficient (Wildman–Crippen LogP) is 1.22. The van der Waals surface area contributed by atoms with Gasteiger partial charge < -0.3 is 15.4 Å². The van der Waals surface area contributed by atoms with Crippen LogP contribution >= 0.6 is 0 Å². The van der Waals surface area contributed by atoms with Crippen molar-refractivity contribution in [1.82, 2.24) is 24.8 Å². The van der Waals surface area contributed by atoms with E-state index in [1.54, 1.807) is 35.5 Å². The Kier molecular flexibility index (Phi) is 5.21. The van der Waals surface area contributed by atoms with Gasteiger partial charge in [-0.3, -0.25) is 19.6 Å². The van der Waals surface area contributed by atoms with Gasteiger partial charge in [-0.15, -0.1) is 0 Å². The summed E-state index contributed by atoms with van der Waals surface area (Å²) in [5.74, 6) is -0.479. The molecule has 2 N–H and O–H groups in total. The number of nitrogens with two attached hydrogens (primary N) is 1. The second-order valence-electron chi connectivity index (χ2n) is 6.43. The Morgan fingerprint density at radius 2 is 1.83 bits per heavy atom. The summed E-state index contributed by atoms with van der Waals surface area (Å²) in [5.41, 5.74) is 7.67. The van der Waals surface area contributed by atoms with Crippen molar-refractivity contribution in [2.75, 3.05) is 32.0 Å². The van der Waals surface area contributed by atoms with Crippen molar-refractivity contribution >= 4 is 17.5 Å². The van der Waals surface area contributed by atoms with Crippen molar-refractivity contribution in [2.24, 2.45) is 0 Å². The van der Waals surface area contributed by atoms with Gasteiger partial charge in [0.15, 0.2) is 11.5 Å². The second kappa shape index (κ2) is 8.11. The lowest BCUT2D eigenvalue weighted by Crippen LogP contribution is -2.40. The smallest absolute Gasteiger partial charge is 0.255 e. The molecule has 1 aliphatic heterocycles. The summed E-state index contributed by atoms with van der Waals surface area (Å²) in [6.07, 6.45) is 7.54. The number of carbonyl (C=O) groups excluding carboxylic acids is 2. The number of anilines is 1. The third-order valence-electron chi connectivity index (χ3n) is 4.52. The van der Waals surface area contributed by atoms with E-state index in [1.165, 1.54) is 18.6 Å². The van der Waals surface area contributed by atoms with Crippen LogP contribution < -0.4 is 5.73 Å². The molecule has 9 nitrogen and oxygen atoms in total. The highest BCUT2D eigenvalue weighted by Crippen LogP contribution is 2.21. The van der Waals surface area contributed by atoms with Crippen LogP contribution in [0.5, 0.6) is 0 Å². The third-order valence-corrected chi connectivity index (χ3v) is 4.52. The normalized spacial score (nSPS) is 13.9. The summed E-state index contributed by atoms with van der Waals surface area (Å²) >= 11 is 0. The van der Waals surface area contributed by atoms with Gasteiger partial charge in [0.2, 0.25) is 5.78 Å². The number of rotatable bonds is 4. The number of hydrogen-bond acceptors (Lipinski definition) is 8. The first kappa shape index (κ1) is 18.6. The first-order valence-electron chi connectivity index (χ1n) is 9.03. The molecule has 1 amide bonds. The van der Waals surface area contributed by atoms with Crippen LogP contribution in [0.25, 0.3) is 11.3 Å². The Hall–Kier alpha value is -3.72. The molecule has 4 heterocycles. The van der Waals surface area contributed by atoms with Crippen molar-refractivity contribution < 1.29 is 14.3 Å². The molecule has 0 spiro atoms. The number of hydrogen-bond donors (Lipinski definition) is 1. The van der Waals surface area contributed by atoms with Crippen molar-refractivity contribution in [2.45, 2.75) is 0 Å². The number of carbonyl (C=O) groups is 2. The highest BCUT2D eigenvalue weighted by atomic mass is 16.5. The van der Waals surface area contributed by atoms with E-state index in [0.29, 0.717) is 48.7 Å². The minimum atomic E-state index is -0.376. The molecule has 0 aromatic carbocycles. The number of nitrogens with zero attached hydrogens (tertiary/aromatic N) is 5. The molecule has 0 unspecified atom stereocenters. The number of ketones is 1. The summed E-state index contributed by atoms with van der Waals surface area (Å²) in [6, 6.07) is 4.97. The molecule has 0 atom stereocenters. The number of amides is 1. The van der Waals surface area contributed by atoms with E-state index in [2.05, 4.69) is 19.9 Å². The van der Waals surface area contributed by atoms with E-state index in [4.69, 9.17) is 10.5 Å². The molecular weight excluding hydrogens is 372 g/mol. The molecule has 1 fully saturated rings. The van der Waals surface area contributed by atoms with E-state index in [9.17, 15) is 9.59 Å². The van der Waals surface area contributed by atoms with Crippen LogP contribution in [0.3, 0.4) is 0 Å². The van der Waals surface area contributed by atoms with Crippen molar-refractivity contribution in [3.63, 3.8) is 0 Å². The van der Waals surface area contributed by atoms with Crippen LogP contribution in [-0.2, 0) is 4.74 Å². The van der Waals surface area contributed by atoms with E-state index in [0.717, 1.165) is 0 Å². The first-order chi connectivity index (χ1) is 14.1. The van der Waals surface area contributed by atoms with Crippen molar-refractivity contribution in [3.8, 4) is 11.3 Å². The number of morpholine rings is 1. The summed E-state index contributed by atoms with van der Waals surface area (Å²) in [6.45, 7) is 2.10. The molecule has 3 aromatic rings. The molecule has 0 aliphatic carbocycles. The molecule has 0 radical (unpaired) electrons. The van der Waals surface area contributed by atoms with Crippen LogP contribution in [0, 0.1) is 0 Å². The standard InChI is InChI=1S/C20H18N6O3/c21-19-17(18(27)13-2-1-3-22-9-13)25-16(12-24-19)14-8-15(11-23-10-14)20(28)26-4-6-29-7-5-26/h1-3,8-12H,4-7H2,(H2,21,24). The fourth-order valence-corrected chi connectivity index (χ4v) is 2.98. The maximum Gasteiger partial charge on any atom is 0.255 e. The molecule has 146 valence electrons. The molecule has 1 saturated heterocycles. The average molecular weight is 390 g/mol. The van der Waals surface area contributed by atoms with Crippen LogP contribution in [0.2, 0.25) is 0 Å². The van der Waals surface area contributed by atoms with Gasteiger partial charge >= 0.3 is 0 Å². The number of nitrogen functional groups attached to an aromatic ring is 1. The van der Waals surface area contributed by atoms with Gasteiger partial charge in [0.25, 0.3) is 5.91 Å². The Morgan fingerprint density at radius 1 is 1.03 bits per heavy atom. The SMILES string of the molecule is Nc1ncc(-c2cncc(C(=O)N3CCOCC3)c2)nc1C(=O)c1cccnc1. The first-order valence-corrected chi connectivity index (χ1v) is 9.03. The molecule has 0 bridgehead atoms. The monoisotopic (exact) mass is 390 g/mol. The molecule has 3 aromatic heterocycles. The maximum absolute atomic E-state index is 12.7. The molecular formula is C20H18N6O3. The van der Waals surface area contributed by atoms with E-state index in [1.807, 2.05) is 0 Å². The maximum atomic E-state index is 12.7. The average Bonchev–Trinajstić information content (AvgIpc) is 2.79. The summed E-state index contributed by atoms with van der Waals surface area (Å²) in [5, 5.41) is 0. The minimum absolute atomic E-state index is 0.0242. The van der Waals surface area contributed by atoms with Gasteiger partial charge in [0, 0.05) is 49.0 Å². The van der Waals surface area contributed by atoms with Crippen molar-refractivity contribution in [1.29, 1.82) is 0 Å². The lowest BCUT2D eigenvalue weighted by molar-refractivity contribution is 0.0302. The van der Waals surface area contributed by atoms with Gasteiger partial charge in [0.1, 0.15) is 0 Å². The molecule has 1 aliphatic rings. The summed E-state index contributed by atoms with van der Waals surface area (Å²) in [7, 11) is 0. The van der Waals surface area contributed by atoms with Gasteiger partial charge in [-0.2, -0.15) is 0 Å². The molecule has 29 heavy (non-hydrogen) atoms. The largest absolute Gasteiger partial charge is 0.382 e. The topological polar surface area (TPSA) is 124 Å². The number of aromatic nitrogens is 4. The Labute approximate surface area is 166 Å².